The molecule has 0 amide bonds. The van der Waals surface area contributed by atoms with Crippen molar-refractivity contribution in [2.75, 3.05) is 0 Å². The van der Waals surface area contributed by atoms with Gasteiger partial charge in [0.05, 0.1) is 16.7 Å². The Hall–Kier alpha value is -0.640. The van der Waals surface area contributed by atoms with Crippen LogP contribution in [0, 0.1) is 5.82 Å². The van der Waals surface area contributed by atoms with Gasteiger partial charge in [-0.25, -0.2) is 4.39 Å². The number of hydrogen-bond acceptors (Lipinski definition) is 2. The fourth-order valence-electron chi connectivity index (χ4n) is 2.78. The molecule has 1 saturated carbocycles. The molecule has 1 aromatic carbocycles. The Kier molecular flexibility index (Phi) is 4.82. The summed E-state index contributed by atoms with van der Waals surface area (Å²) in [4.78, 5) is 0. The number of hydrogen-bond donors (Lipinski definition) is 2. The van der Waals surface area contributed by atoms with Crippen molar-refractivity contribution in [1.29, 1.82) is 0 Å². The molecule has 19 heavy (non-hydrogen) atoms. The summed E-state index contributed by atoms with van der Waals surface area (Å²) in [6.45, 7) is 0. The Morgan fingerprint density at radius 1 is 1.21 bits per heavy atom. The molecule has 0 heterocycles. The van der Waals surface area contributed by atoms with Crippen LogP contribution in [-0.4, -0.2) is 21.9 Å². The summed E-state index contributed by atoms with van der Waals surface area (Å²) < 4.78 is 13.8. The summed E-state index contributed by atoms with van der Waals surface area (Å²) in [7, 11) is 0. The fraction of sp³-hybridized carbons (Fsp3) is 0.600. The van der Waals surface area contributed by atoms with E-state index in [0.29, 0.717) is 18.4 Å². The standard InChI is InChI=1S/C15H20ClFO2/c16-12-7-5-6-11(14(12)17)10-13(18)15(19)8-3-1-2-4-9-15/h5-7,13,18-19H,1-4,8-10H2. The Balaban J connectivity index is 2.11. The second-order valence-corrected chi connectivity index (χ2v) is 5.86. The molecular formula is C15H20ClFO2. The predicted molar refractivity (Wildman–Crippen MR) is 73.8 cm³/mol. The molecular weight excluding hydrogens is 267 g/mol. The first-order valence-electron chi connectivity index (χ1n) is 6.86. The largest absolute Gasteiger partial charge is 0.390 e. The van der Waals surface area contributed by atoms with Crippen LogP contribution in [0.4, 0.5) is 4.39 Å². The van der Waals surface area contributed by atoms with Crippen molar-refractivity contribution < 1.29 is 14.6 Å². The number of halogens is 2. The molecule has 4 heteroatoms. The van der Waals surface area contributed by atoms with Crippen LogP contribution in [0.5, 0.6) is 0 Å². The summed E-state index contributed by atoms with van der Waals surface area (Å²) in [6.07, 6.45) is 4.30. The fourth-order valence-corrected chi connectivity index (χ4v) is 2.97. The van der Waals surface area contributed by atoms with E-state index in [4.69, 9.17) is 11.6 Å². The third kappa shape index (κ3) is 3.47. The van der Waals surface area contributed by atoms with Gasteiger partial charge in [0.2, 0.25) is 0 Å². The van der Waals surface area contributed by atoms with Crippen LogP contribution < -0.4 is 0 Å². The monoisotopic (exact) mass is 286 g/mol. The van der Waals surface area contributed by atoms with Crippen molar-refractivity contribution in [2.45, 2.75) is 56.7 Å². The van der Waals surface area contributed by atoms with Gasteiger partial charge in [0, 0.05) is 6.42 Å². The second kappa shape index (κ2) is 6.21. The van der Waals surface area contributed by atoms with E-state index in [9.17, 15) is 14.6 Å². The second-order valence-electron chi connectivity index (χ2n) is 5.45. The van der Waals surface area contributed by atoms with Gasteiger partial charge in [-0.05, 0) is 24.5 Å². The Bertz CT molecular complexity index is 428. The van der Waals surface area contributed by atoms with Crippen LogP contribution in [0.1, 0.15) is 44.1 Å². The summed E-state index contributed by atoms with van der Waals surface area (Å²) >= 11 is 5.72. The maximum Gasteiger partial charge on any atom is 0.145 e. The zero-order chi connectivity index (χ0) is 13.9. The van der Waals surface area contributed by atoms with Crippen LogP contribution in [-0.2, 0) is 6.42 Å². The predicted octanol–water partition coefficient (Wildman–Crippen LogP) is 3.47. The van der Waals surface area contributed by atoms with E-state index in [0.717, 1.165) is 25.7 Å². The minimum Gasteiger partial charge on any atom is -0.390 e. The summed E-state index contributed by atoms with van der Waals surface area (Å²) in [5.74, 6) is -0.500. The number of aliphatic hydroxyl groups excluding tert-OH is 1. The van der Waals surface area contributed by atoms with Gasteiger partial charge in [-0.1, -0.05) is 49.4 Å². The number of aliphatic hydroxyl groups is 2. The maximum atomic E-state index is 13.8. The smallest absolute Gasteiger partial charge is 0.145 e. The molecule has 0 bridgehead atoms. The zero-order valence-corrected chi connectivity index (χ0v) is 11.7. The van der Waals surface area contributed by atoms with E-state index in [1.54, 1.807) is 12.1 Å². The molecule has 1 atom stereocenters. The summed E-state index contributed by atoms with van der Waals surface area (Å²) in [5.41, 5.74) is -0.733. The Morgan fingerprint density at radius 2 is 1.84 bits per heavy atom. The van der Waals surface area contributed by atoms with Gasteiger partial charge >= 0.3 is 0 Å². The van der Waals surface area contributed by atoms with E-state index in [1.165, 1.54) is 6.07 Å². The van der Waals surface area contributed by atoms with Crippen molar-refractivity contribution in [3.63, 3.8) is 0 Å². The van der Waals surface area contributed by atoms with Gasteiger partial charge in [-0.15, -0.1) is 0 Å². The molecule has 106 valence electrons. The van der Waals surface area contributed by atoms with Crippen LogP contribution in [0.25, 0.3) is 0 Å². The molecule has 2 N–H and O–H groups in total. The first-order valence-corrected chi connectivity index (χ1v) is 7.24. The molecule has 1 fully saturated rings. The van der Waals surface area contributed by atoms with Gasteiger partial charge < -0.3 is 10.2 Å². The summed E-state index contributed by atoms with van der Waals surface area (Å²) in [5, 5.41) is 20.9. The van der Waals surface area contributed by atoms with Crippen LogP contribution in [0.2, 0.25) is 5.02 Å². The molecule has 0 saturated heterocycles. The molecule has 1 aliphatic rings. The molecule has 0 aromatic heterocycles. The molecule has 0 radical (unpaired) electrons. The maximum absolute atomic E-state index is 13.8. The van der Waals surface area contributed by atoms with E-state index in [1.807, 2.05) is 0 Å². The third-order valence-corrected chi connectivity index (χ3v) is 4.33. The van der Waals surface area contributed by atoms with E-state index >= 15 is 0 Å². The van der Waals surface area contributed by atoms with Crippen molar-refractivity contribution in [1.82, 2.24) is 0 Å². The molecule has 0 aliphatic heterocycles. The highest BCUT2D eigenvalue weighted by molar-refractivity contribution is 6.30. The van der Waals surface area contributed by atoms with Gasteiger partial charge in [-0.3, -0.25) is 0 Å². The summed E-state index contributed by atoms with van der Waals surface area (Å²) in [6, 6.07) is 4.74. The Labute approximate surface area is 118 Å². The lowest BCUT2D eigenvalue weighted by atomic mass is 9.85. The third-order valence-electron chi connectivity index (χ3n) is 4.03. The number of rotatable bonds is 3. The molecule has 0 spiro atoms. The van der Waals surface area contributed by atoms with Gasteiger partial charge in [0.25, 0.3) is 0 Å². The van der Waals surface area contributed by atoms with Crippen molar-refractivity contribution in [3.8, 4) is 0 Å². The average Bonchev–Trinajstić information content (AvgIpc) is 2.61. The lowest BCUT2D eigenvalue weighted by Gasteiger charge is -2.32. The minimum absolute atomic E-state index is 0.0533. The quantitative estimate of drug-likeness (QED) is 0.836. The Morgan fingerprint density at radius 3 is 2.47 bits per heavy atom. The highest BCUT2D eigenvalue weighted by Gasteiger charge is 2.36. The molecule has 1 aliphatic carbocycles. The van der Waals surface area contributed by atoms with E-state index in [-0.39, 0.29) is 11.4 Å². The minimum atomic E-state index is -1.09. The first-order chi connectivity index (χ1) is 9.03. The van der Waals surface area contributed by atoms with Crippen molar-refractivity contribution in [2.24, 2.45) is 0 Å². The van der Waals surface area contributed by atoms with E-state index in [2.05, 4.69) is 0 Å². The molecule has 2 nitrogen and oxygen atoms in total. The lowest BCUT2D eigenvalue weighted by molar-refractivity contribution is -0.0839. The average molecular weight is 287 g/mol. The van der Waals surface area contributed by atoms with Crippen molar-refractivity contribution in [3.05, 3.63) is 34.6 Å². The normalized spacial score (nSPS) is 20.8. The lowest BCUT2D eigenvalue weighted by Crippen LogP contribution is -2.43. The van der Waals surface area contributed by atoms with Crippen LogP contribution in [0.3, 0.4) is 0 Å². The molecule has 1 unspecified atom stereocenters. The van der Waals surface area contributed by atoms with Crippen molar-refractivity contribution >= 4 is 11.6 Å². The molecule has 1 aromatic rings. The highest BCUT2D eigenvalue weighted by atomic mass is 35.5. The first kappa shape index (κ1) is 14.8. The van der Waals surface area contributed by atoms with Gasteiger partial charge in [0.15, 0.2) is 0 Å². The van der Waals surface area contributed by atoms with Crippen LogP contribution >= 0.6 is 11.6 Å². The molecule has 2 rings (SSSR count). The SMILES string of the molecule is OC(Cc1cccc(Cl)c1F)C1(O)CCCCCC1. The van der Waals surface area contributed by atoms with E-state index < -0.39 is 17.5 Å². The zero-order valence-electron chi connectivity index (χ0n) is 10.9. The van der Waals surface area contributed by atoms with Gasteiger partial charge in [-0.2, -0.15) is 0 Å². The topological polar surface area (TPSA) is 40.5 Å². The van der Waals surface area contributed by atoms with Crippen LogP contribution in [0.15, 0.2) is 18.2 Å². The van der Waals surface area contributed by atoms with Gasteiger partial charge in [0.1, 0.15) is 5.82 Å². The number of benzene rings is 1. The highest BCUT2D eigenvalue weighted by Crippen LogP contribution is 2.32.